The molecule has 2 heterocycles. The average molecular weight is 282 g/mol. The zero-order valence-electron chi connectivity index (χ0n) is 9.26. The molecule has 0 amide bonds. The molecule has 2 rings (SSSR count). The first-order valence-electron chi connectivity index (χ1n) is 5.28. The molecule has 0 aliphatic carbocycles. The van der Waals surface area contributed by atoms with Crippen molar-refractivity contribution in [2.75, 3.05) is 43.6 Å². The van der Waals surface area contributed by atoms with Crippen LogP contribution in [0.15, 0.2) is 12.3 Å². The minimum atomic E-state index is 0.671. The number of hydrogen-bond acceptors (Lipinski definition) is 5. The van der Waals surface area contributed by atoms with Gasteiger partial charge in [0.1, 0.15) is 0 Å². The number of nitrogens with one attached hydrogen (secondary N) is 1. The molecular weight excluding hydrogens is 267 g/mol. The van der Waals surface area contributed by atoms with E-state index in [1.807, 2.05) is 6.07 Å². The van der Waals surface area contributed by atoms with Gasteiger partial charge in [-0.3, -0.25) is 0 Å². The molecule has 1 aromatic rings. The fraction of sp³-hybridized carbons (Fsp3) is 0.600. The molecule has 1 saturated heterocycles. The maximum absolute atomic E-state index is 4.96. The van der Waals surface area contributed by atoms with Crippen LogP contribution in [0.3, 0.4) is 0 Å². The Labute approximate surface area is 104 Å². The summed E-state index contributed by atoms with van der Waals surface area (Å²) in [6.07, 6.45) is 1.81. The number of anilines is 2. The fourth-order valence-corrected chi connectivity index (χ4v) is 2.39. The van der Waals surface area contributed by atoms with Crippen LogP contribution >= 0.6 is 0 Å². The van der Waals surface area contributed by atoms with Crippen LogP contribution < -0.4 is 10.2 Å². The van der Waals surface area contributed by atoms with Crippen molar-refractivity contribution in [3.8, 4) is 0 Å². The van der Waals surface area contributed by atoms with E-state index < -0.39 is 0 Å². The number of methoxy groups -OCH3 is 1. The predicted molar refractivity (Wildman–Crippen MR) is 64.1 cm³/mol. The summed E-state index contributed by atoms with van der Waals surface area (Å²) >= 11 is 2.69. The zero-order valence-corrected chi connectivity index (χ0v) is 11.1. The number of aromatic nitrogens is 2. The summed E-state index contributed by atoms with van der Waals surface area (Å²) in [5.41, 5.74) is 1.14. The van der Waals surface area contributed by atoms with Gasteiger partial charge in [0.25, 0.3) is 0 Å². The number of hydrogen-bond donors (Lipinski definition) is 1. The second-order valence-electron chi connectivity index (χ2n) is 3.78. The van der Waals surface area contributed by atoms with Crippen molar-refractivity contribution in [3.63, 3.8) is 0 Å². The number of rotatable bonds is 5. The fourth-order valence-electron chi connectivity index (χ4n) is 1.56. The molecule has 0 saturated carbocycles. The molecule has 1 N–H and O–H groups in total. The van der Waals surface area contributed by atoms with Crippen LogP contribution in [0.1, 0.15) is 0 Å². The van der Waals surface area contributed by atoms with Crippen LogP contribution in [0, 0.1) is 0 Å². The Hall–Kier alpha value is -0.802. The van der Waals surface area contributed by atoms with E-state index in [0.717, 1.165) is 35.8 Å². The van der Waals surface area contributed by atoms with Crippen LogP contribution in [0.4, 0.5) is 11.5 Å². The molecule has 0 atom stereocenters. The molecule has 16 heavy (non-hydrogen) atoms. The van der Waals surface area contributed by atoms with E-state index in [0.29, 0.717) is 6.61 Å². The van der Waals surface area contributed by atoms with Gasteiger partial charge in [-0.15, -0.1) is 0 Å². The zero-order chi connectivity index (χ0) is 11.4. The molecule has 0 unspecified atom stereocenters. The van der Waals surface area contributed by atoms with Gasteiger partial charge in [0.2, 0.25) is 0 Å². The van der Waals surface area contributed by atoms with Gasteiger partial charge in [-0.25, -0.2) is 0 Å². The summed E-state index contributed by atoms with van der Waals surface area (Å²) in [6, 6.07) is 2.03. The molecule has 1 aliphatic heterocycles. The van der Waals surface area contributed by atoms with Crippen molar-refractivity contribution in [1.29, 1.82) is 0 Å². The van der Waals surface area contributed by atoms with Crippen molar-refractivity contribution >= 4 is 28.4 Å². The molecule has 6 heteroatoms. The number of nitrogens with zero attached hydrogens (tertiary/aromatic N) is 3. The topological polar surface area (TPSA) is 50.3 Å². The van der Waals surface area contributed by atoms with E-state index in [2.05, 4.69) is 37.3 Å². The third kappa shape index (κ3) is 2.86. The Morgan fingerprint density at radius 2 is 2.44 bits per heavy atom. The SMILES string of the molecule is COCCNc1cc(N2CC([As])C2)cnn1. The predicted octanol–water partition coefficient (Wildman–Crippen LogP) is 0.312. The summed E-state index contributed by atoms with van der Waals surface area (Å²) < 4.78 is 5.69. The molecule has 1 aliphatic rings. The molecule has 2 radical (unpaired) electrons. The average Bonchev–Trinajstić information content (AvgIpc) is 2.26. The van der Waals surface area contributed by atoms with Gasteiger partial charge in [0.05, 0.1) is 0 Å². The second-order valence-corrected chi connectivity index (χ2v) is 5.31. The Balaban J connectivity index is 1.91. The molecule has 86 valence electrons. The molecule has 0 spiro atoms. The second kappa shape index (κ2) is 5.50. The van der Waals surface area contributed by atoms with Gasteiger partial charge in [-0.1, -0.05) is 0 Å². The molecule has 0 aromatic carbocycles. The molecular formula is C10H15AsN4O. The van der Waals surface area contributed by atoms with Gasteiger partial charge in [-0.2, -0.15) is 0 Å². The van der Waals surface area contributed by atoms with Gasteiger partial charge in [-0.05, 0) is 0 Å². The van der Waals surface area contributed by atoms with E-state index in [1.54, 1.807) is 13.3 Å². The van der Waals surface area contributed by atoms with Crippen molar-refractivity contribution in [2.24, 2.45) is 0 Å². The summed E-state index contributed by atoms with van der Waals surface area (Å²) in [7, 11) is 1.68. The molecule has 1 aromatic heterocycles. The van der Waals surface area contributed by atoms with Gasteiger partial charge in [0.15, 0.2) is 0 Å². The summed E-state index contributed by atoms with van der Waals surface area (Å²) in [4.78, 5) is 2.29. The van der Waals surface area contributed by atoms with Crippen molar-refractivity contribution in [3.05, 3.63) is 12.3 Å². The standard InChI is InChI=1S/C10H15AsN4O/c1-16-3-2-12-10-4-9(5-13-14-10)15-6-8(11)7-15/h4-5,8H,2-3,6-7H2,1H3,(H,12,14). The van der Waals surface area contributed by atoms with Crippen molar-refractivity contribution in [1.82, 2.24) is 10.2 Å². The Morgan fingerprint density at radius 3 is 3.12 bits per heavy atom. The van der Waals surface area contributed by atoms with E-state index in [-0.39, 0.29) is 0 Å². The van der Waals surface area contributed by atoms with Gasteiger partial charge >= 0.3 is 104 Å². The Morgan fingerprint density at radius 1 is 1.62 bits per heavy atom. The van der Waals surface area contributed by atoms with Crippen LogP contribution in [-0.2, 0) is 4.74 Å². The van der Waals surface area contributed by atoms with E-state index in [4.69, 9.17) is 4.74 Å². The first kappa shape index (κ1) is 11.7. The number of ether oxygens (including phenoxy) is 1. The third-order valence-electron chi connectivity index (χ3n) is 2.48. The summed E-state index contributed by atoms with van der Waals surface area (Å²) in [5, 5.41) is 11.2. The van der Waals surface area contributed by atoms with E-state index >= 15 is 0 Å². The van der Waals surface area contributed by atoms with Crippen LogP contribution in [0.5, 0.6) is 0 Å². The van der Waals surface area contributed by atoms with E-state index in [1.165, 1.54) is 0 Å². The van der Waals surface area contributed by atoms with Crippen molar-refractivity contribution < 1.29 is 4.74 Å². The molecule has 5 nitrogen and oxygen atoms in total. The normalized spacial score (nSPS) is 16.0. The maximum atomic E-state index is 4.96. The van der Waals surface area contributed by atoms with Crippen LogP contribution in [0.2, 0.25) is 4.71 Å². The Kier molecular flexibility index (Phi) is 4.02. The molecule has 0 bridgehead atoms. The first-order chi connectivity index (χ1) is 7.79. The van der Waals surface area contributed by atoms with Crippen molar-refractivity contribution in [2.45, 2.75) is 4.71 Å². The van der Waals surface area contributed by atoms with Crippen LogP contribution in [0.25, 0.3) is 0 Å². The van der Waals surface area contributed by atoms with Gasteiger partial charge < -0.3 is 0 Å². The van der Waals surface area contributed by atoms with Gasteiger partial charge in [0, 0.05) is 0 Å². The Bertz CT molecular complexity index is 343. The summed E-state index contributed by atoms with van der Waals surface area (Å²) in [5.74, 6) is 0.809. The molecule has 1 fully saturated rings. The monoisotopic (exact) mass is 282 g/mol. The van der Waals surface area contributed by atoms with E-state index in [9.17, 15) is 0 Å². The first-order valence-corrected chi connectivity index (χ1v) is 6.36. The van der Waals surface area contributed by atoms with Crippen LogP contribution in [-0.4, -0.2) is 60.4 Å². The minimum absolute atomic E-state index is 0.671. The summed E-state index contributed by atoms with van der Waals surface area (Å²) in [6.45, 7) is 3.60. The quantitative estimate of drug-likeness (QED) is 0.622. The third-order valence-corrected chi connectivity index (χ3v) is 3.17.